The van der Waals surface area contributed by atoms with Crippen molar-refractivity contribution in [2.24, 2.45) is 5.92 Å². The summed E-state index contributed by atoms with van der Waals surface area (Å²) in [6.07, 6.45) is 3.25. The highest BCUT2D eigenvalue weighted by molar-refractivity contribution is 5.63. The predicted molar refractivity (Wildman–Crippen MR) is 65.6 cm³/mol. The second-order valence-electron chi connectivity index (χ2n) is 5.33. The molecule has 1 aromatic rings. The number of hydrogen-bond acceptors (Lipinski definition) is 2. The molecule has 1 aliphatic carbocycles. The minimum absolute atomic E-state index is 0.276. The van der Waals surface area contributed by atoms with Gasteiger partial charge in [0, 0.05) is 17.3 Å². The Morgan fingerprint density at radius 3 is 2.56 bits per heavy atom. The van der Waals surface area contributed by atoms with Crippen LogP contribution < -0.4 is 5.32 Å². The van der Waals surface area contributed by atoms with Crippen molar-refractivity contribution in [3.8, 4) is 0 Å². The monoisotopic (exact) mass is 217 g/mol. The van der Waals surface area contributed by atoms with Gasteiger partial charge in [-0.2, -0.15) is 0 Å². The van der Waals surface area contributed by atoms with Crippen LogP contribution in [0.1, 0.15) is 42.1 Å². The lowest BCUT2D eigenvalue weighted by Gasteiger charge is -2.33. The van der Waals surface area contributed by atoms with Crippen molar-refractivity contribution >= 4 is 5.69 Å². The van der Waals surface area contributed by atoms with Crippen LogP contribution in [0.15, 0.2) is 12.1 Å². The van der Waals surface area contributed by atoms with E-state index in [1.165, 1.54) is 29.7 Å². The van der Waals surface area contributed by atoms with Crippen LogP contribution in [0.5, 0.6) is 0 Å². The fourth-order valence-electron chi connectivity index (χ4n) is 2.87. The quantitative estimate of drug-likeness (QED) is 0.758. The van der Waals surface area contributed by atoms with Gasteiger partial charge >= 0.3 is 0 Å². The van der Waals surface area contributed by atoms with E-state index in [0.29, 0.717) is 6.04 Å². The van der Waals surface area contributed by atoms with Gasteiger partial charge < -0.3 is 10.4 Å². The third kappa shape index (κ3) is 1.52. The van der Waals surface area contributed by atoms with Gasteiger partial charge in [-0.3, -0.25) is 0 Å². The lowest BCUT2D eigenvalue weighted by Crippen LogP contribution is -2.31. The van der Waals surface area contributed by atoms with Gasteiger partial charge in [0.2, 0.25) is 0 Å². The second kappa shape index (κ2) is 3.49. The predicted octanol–water partition coefficient (Wildman–Crippen LogP) is 2.93. The van der Waals surface area contributed by atoms with Gasteiger partial charge in [-0.25, -0.2) is 0 Å². The van der Waals surface area contributed by atoms with Crippen molar-refractivity contribution < 1.29 is 5.11 Å². The molecule has 2 N–H and O–H groups in total. The van der Waals surface area contributed by atoms with Crippen LogP contribution in [-0.4, -0.2) is 11.1 Å². The van der Waals surface area contributed by atoms with Crippen molar-refractivity contribution in [2.75, 3.05) is 5.32 Å². The van der Waals surface area contributed by atoms with Crippen LogP contribution in [0.4, 0.5) is 5.69 Å². The molecule has 1 fully saturated rings. The normalized spacial score (nSPS) is 28.4. The van der Waals surface area contributed by atoms with Gasteiger partial charge in [0.15, 0.2) is 0 Å². The summed E-state index contributed by atoms with van der Waals surface area (Å²) in [5, 5.41) is 13.9. The Balaban J connectivity index is 2.02. The molecule has 1 heterocycles. The average Bonchev–Trinajstić information content (AvgIpc) is 3.06. The number of aliphatic hydroxyl groups excluding tert-OH is 1. The van der Waals surface area contributed by atoms with Gasteiger partial charge in [0.05, 0.1) is 6.10 Å². The third-order valence-electron chi connectivity index (χ3n) is 4.00. The summed E-state index contributed by atoms with van der Waals surface area (Å²) < 4.78 is 0. The Morgan fingerprint density at radius 1 is 1.19 bits per heavy atom. The highest BCUT2D eigenvalue weighted by Crippen LogP contribution is 2.44. The average molecular weight is 217 g/mol. The second-order valence-corrected chi connectivity index (χ2v) is 5.33. The van der Waals surface area contributed by atoms with Crippen molar-refractivity contribution in [1.82, 2.24) is 0 Å². The van der Waals surface area contributed by atoms with Crippen LogP contribution in [-0.2, 0) is 0 Å². The molecule has 1 saturated carbocycles. The molecule has 86 valence electrons. The summed E-state index contributed by atoms with van der Waals surface area (Å²) in [4.78, 5) is 0. The fraction of sp³-hybridized carbons (Fsp3) is 0.571. The summed E-state index contributed by atoms with van der Waals surface area (Å²) in [5.74, 6) is 0.794. The van der Waals surface area contributed by atoms with E-state index in [1.807, 2.05) is 0 Å². The zero-order valence-corrected chi connectivity index (χ0v) is 9.96. The Kier molecular flexibility index (Phi) is 2.21. The molecule has 16 heavy (non-hydrogen) atoms. The molecule has 0 amide bonds. The number of benzene rings is 1. The molecule has 3 rings (SSSR count). The number of aliphatic hydroxyl groups is 1. The number of fused-ring (bicyclic) bond motifs is 1. The first-order valence-electron chi connectivity index (χ1n) is 6.21. The third-order valence-corrected chi connectivity index (χ3v) is 4.00. The molecular formula is C14H19NO. The maximum absolute atomic E-state index is 10.3. The number of nitrogens with one attached hydrogen (secondary N) is 1. The van der Waals surface area contributed by atoms with Gasteiger partial charge in [0.1, 0.15) is 0 Å². The largest absolute Gasteiger partial charge is 0.388 e. The van der Waals surface area contributed by atoms with E-state index in [1.54, 1.807) is 0 Å². The Bertz CT molecular complexity index is 423. The first kappa shape index (κ1) is 10.2. The van der Waals surface area contributed by atoms with Gasteiger partial charge in [-0.1, -0.05) is 12.1 Å². The minimum Gasteiger partial charge on any atom is -0.388 e. The molecule has 2 heteroatoms. The Morgan fingerprint density at radius 2 is 1.88 bits per heavy atom. The van der Waals surface area contributed by atoms with Crippen molar-refractivity contribution in [1.29, 1.82) is 0 Å². The Hall–Kier alpha value is -1.02. The summed E-state index contributed by atoms with van der Waals surface area (Å²) in [7, 11) is 0. The van der Waals surface area contributed by atoms with E-state index >= 15 is 0 Å². The van der Waals surface area contributed by atoms with Crippen molar-refractivity contribution in [2.45, 2.75) is 45.3 Å². The standard InChI is InChI=1S/C14H19NO/c1-8-3-4-9(2)14-13(8)12(16)7-11(15-14)10-5-6-10/h3-4,10-12,15-16H,5-7H2,1-2H3. The Labute approximate surface area is 96.7 Å². The molecule has 2 aliphatic rings. The molecule has 2 unspecified atom stereocenters. The topological polar surface area (TPSA) is 32.3 Å². The van der Waals surface area contributed by atoms with Crippen molar-refractivity contribution in [3.63, 3.8) is 0 Å². The highest BCUT2D eigenvalue weighted by Gasteiger charge is 2.37. The summed E-state index contributed by atoms with van der Waals surface area (Å²) in [6.45, 7) is 4.20. The molecule has 0 saturated heterocycles. The lowest BCUT2D eigenvalue weighted by atomic mass is 9.88. The van der Waals surface area contributed by atoms with Gasteiger partial charge in [-0.05, 0) is 50.2 Å². The lowest BCUT2D eigenvalue weighted by molar-refractivity contribution is 0.152. The van der Waals surface area contributed by atoms with E-state index in [9.17, 15) is 5.11 Å². The highest BCUT2D eigenvalue weighted by atomic mass is 16.3. The van der Waals surface area contributed by atoms with E-state index in [4.69, 9.17) is 0 Å². The fourth-order valence-corrected chi connectivity index (χ4v) is 2.87. The van der Waals surface area contributed by atoms with Crippen LogP contribution >= 0.6 is 0 Å². The maximum atomic E-state index is 10.3. The van der Waals surface area contributed by atoms with Crippen LogP contribution in [0, 0.1) is 19.8 Å². The van der Waals surface area contributed by atoms with E-state index in [-0.39, 0.29) is 6.10 Å². The molecule has 2 atom stereocenters. The smallest absolute Gasteiger partial charge is 0.0832 e. The molecule has 0 bridgehead atoms. The molecule has 1 aromatic carbocycles. The molecular weight excluding hydrogens is 198 g/mol. The minimum atomic E-state index is -0.276. The first-order chi connectivity index (χ1) is 7.66. The van der Waals surface area contributed by atoms with Gasteiger partial charge in [0.25, 0.3) is 0 Å². The number of rotatable bonds is 1. The zero-order chi connectivity index (χ0) is 11.3. The molecule has 2 nitrogen and oxygen atoms in total. The van der Waals surface area contributed by atoms with Crippen molar-refractivity contribution in [3.05, 3.63) is 28.8 Å². The van der Waals surface area contributed by atoms with Crippen LogP contribution in [0.3, 0.4) is 0 Å². The number of hydrogen-bond donors (Lipinski definition) is 2. The maximum Gasteiger partial charge on any atom is 0.0832 e. The number of anilines is 1. The SMILES string of the molecule is Cc1ccc(C)c2c1NC(C1CC1)CC2O. The van der Waals surface area contributed by atoms with Crippen LogP contribution in [0.2, 0.25) is 0 Å². The molecule has 1 aliphatic heterocycles. The van der Waals surface area contributed by atoms with E-state index in [0.717, 1.165) is 17.9 Å². The zero-order valence-electron chi connectivity index (χ0n) is 9.96. The summed E-state index contributed by atoms with van der Waals surface area (Å²) in [6, 6.07) is 4.74. The molecule has 0 aromatic heterocycles. The van der Waals surface area contributed by atoms with E-state index < -0.39 is 0 Å². The van der Waals surface area contributed by atoms with Crippen LogP contribution in [0.25, 0.3) is 0 Å². The molecule has 0 spiro atoms. The summed E-state index contributed by atoms with van der Waals surface area (Å²) >= 11 is 0. The van der Waals surface area contributed by atoms with E-state index in [2.05, 4.69) is 31.3 Å². The molecule has 0 radical (unpaired) electrons. The first-order valence-corrected chi connectivity index (χ1v) is 6.21. The summed E-state index contributed by atoms with van der Waals surface area (Å²) in [5.41, 5.74) is 4.77. The number of aryl methyl sites for hydroxylation is 2. The van der Waals surface area contributed by atoms with Gasteiger partial charge in [-0.15, -0.1) is 0 Å².